The zero-order valence-corrected chi connectivity index (χ0v) is 12.2. The molecule has 120 valence electrons. The van der Waals surface area contributed by atoms with Gasteiger partial charge < -0.3 is 0 Å². The number of benzene rings is 2. The first-order valence-corrected chi connectivity index (χ1v) is 6.42. The van der Waals surface area contributed by atoms with E-state index in [1.165, 1.54) is 30.3 Å². The molecule has 0 aromatic heterocycles. The molecule has 0 aliphatic heterocycles. The van der Waals surface area contributed by atoms with Crippen LogP contribution in [-0.2, 0) is 12.4 Å². The van der Waals surface area contributed by atoms with Crippen molar-refractivity contribution in [3.8, 4) is 0 Å². The highest BCUT2D eigenvalue weighted by Crippen LogP contribution is 2.34. The van der Waals surface area contributed by atoms with E-state index in [1.54, 1.807) is 0 Å². The molecule has 0 spiro atoms. The largest absolute Gasteiger partial charge is 0.417 e. The molecule has 2 aromatic carbocycles. The molecule has 0 aliphatic rings. The van der Waals surface area contributed by atoms with Crippen LogP contribution in [0.15, 0.2) is 48.5 Å². The van der Waals surface area contributed by atoms with Crippen LogP contribution in [0.1, 0.15) is 11.1 Å². The maximum Gasteiger partial charge on any atom is 0.417 e. The van der Waals surface area contributed by atoms with Gasteiger partial charge in [0.2, 0.25) is 0 Å². The van der Waals surface area contributed by atoms with E-state index >= 15 is 0 Å². The van der Waals surface area contributed by atoms with Gasteiger partial charge in [-0.1, -0.05) is 35.3 Å². The Morgan fingerprint density at radius 1 is 0.636 bits per heavy atom. The SMILES string of the molecule is FC(F)(F)c1ccc(Cl)cc1.FC(F)(F)c1ccccc1Cl. The molecule has 0 N–H and O–H groups in total. The lowest BCUT2D eigenvalue weighted by atomic mass is 10.2. The van der Waals surface area contributed by atoms with Crippen LogP contribution in [0.25, 0.3) is 0 Å². The Kier molecular flexibility index (Phi) is 6.14. The molecular weight excluding hydrogens is 353 g/mol. The van der Waals surface area contributed by atoms with Gasteiger partial charge in [0.05, 0.1) is 16.1 Å². The average molecular weight is 361 g/mol. The lowest BCUT2D eigenvalue weighted by molar-refractivity contribution is -0.138. The fraction of sp³-hybridized carbons (Fsp3) is 0.143. The van der Waals surface area contributed by atoms with Crippen molar-refractivity contribution < 1.29 is 26.3 Å². The minimum Gasteiger partial charge on any atom is -0.166 e. The van der Waals surface area contributed by atoms with Gasteiger partial charge in [-0.25, -0.2) is 0 Å². The molecule has 2 aromatic rings. The van der Waals surface area contributed by atoms with E-state index in [4.69, 9.17) is 23.2 Å². The molecule has 0 saturated carbocycles. The first kappa shape index (κ1) is 18.6. The molecule has 0 atom stereocenters. The van der Waals surface area contributed by atoms with Gasteiger partial charge in [0.25, 0.3) is 0 Å². The monoisotopic (exact) mass is 360 g/mol. The second kappa shape index (κ2) is 7.24. The zero-order chi connectivity index (χ0) is 17.0. The van der Waals surface area contributed by atoms with Gasteiger partial charge in [-0.15, -0.1) is 0 Å². The summed E-state index contributed by atoms with van der Waals surface area (Å²) < 4.78 is 71.5. The summed E-state index contributed by atoms with van der Waals surface area (Å²) in [5.41, 5.74) is -1.47. The Balaban J connectivity index is 0.000000220. The standard InChI is InChI=1S/2C7H4ClF3/c8-6-3-1-5(2-4-6)7(9,10)11;8-6-4-2-1-3-5(6)7(9,10)11/h2*1-4H. The van der Waals surface area contributed by atoms with Crippen molar-refractivity contribution in [2.45, 2.75) is 12.4 Å². The second-order valence-corrected chi connectivity index (χ2v) is 4.83. The maximum atomic E-state index is 12.0. The van der Waals surface area contributed by atoms with E-state index in [0.717, 1.165) is 18.2 Å². The quantitative estimate of drug-likeness (QED) is 0.457. The molecule has 0 aliphatic carbocycles. The van der Waals surface area contributed by atoms with Crippen LogP contribution >= 0.6 is 23.2 Å². The smallest absolute Gasteiger partial charge is 0.166 e. The summed E-state index contributed by atoms with van der Waals surface area (Å²) in [4.78, 5) is 0. The van der Waals surface area contributed by atoms with E-state index < -0.39 is 23.5 Å². The van der Waals surface area contributed by atoms with E-state index in [2.05, 4.69) is 0 Å². The van der Waals surface area contributed by atoms with Crippen LogP contribution in [0, 0.1) is 0 Å². The highest BCUT2D eigenvalue weighted by atomic mass is 35.5. The van der Waals surface area contributed by atoms with Crippen LogP contribution in [0.3, 0.4) is 0 Å². The van der Waals surface area contributed by atoms with Gasteiger partial charge in [-0.2, -0.15) is 26.3 Å². The molecular formula is C14H8Cl2F6. The fourth-order valence-corrected chi connectivity index (χ4v) is 1.70. The normalized spacial score (nSPS) is 11.6. The van der Waals surface area contributed by atoms with Gasteiger partial charge in [0, 0.05) is 5.02 Å². The Bertz CT molecular complexity index is 602. The second-order valence-electron chi connectivity index (χ2n) is 3.98. The van der Waals surface area contributed by atoms with Crippen molar-refractivity contribution in [2.24, 2.45) is 0 Å². The molecule has 0 nitrogen and oxygen atoms in total. The van der Waals surface area contributed by atoms with Crippen molar-refractivity contribution in [1.29, 1.82) is 0 Å². The maximum absolute atomic E-state index is 12.0. The first-order chi connectivity index (χ1) is 10.0. The lowest BCUT2D eigenvalue weighted by Crippen LogP contribution is -2.04. The summed E-state index contributed by atoms with van der Waals surface area (Å²) in [5.74, 6) is 0. The summed E-state index contributed by atoms with van der Waals surface area (Å²) in [6.07, 6.45) is -8.62. The highest BCUT2D eigenvalue weighted by molar-refractivity contribution is 6.31. The zero-order valence-electron chi connectivity index (χ0n) is 10.6. The predicted molar refractivity (Wildman–Crippen MR) is 72.9 cm³/mol. The van der Waals surface area contributed by atoms with Gasteiger partial charge in [-0.3, -0.25) is 0 Å². The molecule has 0 unspecified atom stereocenters. The summed E-state index contributed by atoms with van der Waals surface area (Å²) in [5, 5.41) is 0.0398. The topological polar surface area (TPSA) is 0 Å². The Labute approximate surface area is 132 Å². The van der Waals surface area contributed by atoms with Gasteiger partial charge in [0.15, 0.2) is 0 Å². The molecule has 22 heavy (non-hydrogen) atoms. The third-order valence-corrected chi connectivity index (χ3v) is 2.93. The van der Waals surface area contributed by atoms with Crippen LogP contribution in [0.2, 0.25) is 10.0 Å². The van der Waals surface area contributed by atoms with E-state index in [-0.39, 0.29) is 5.02 Å². The summed E-state index contributed by atoms with van der Waals surface area (Å²) in [7, 11) is 0. The van der Waals surface area contributed by atoms with E-state index in [1.807, 2.05) is 0 Å². The van der Waals surface area contributed by atoms with Crippen molar-refractivity contribution in [3.05, 3.63) is 69.7 Å². The minimum atomic E-state index is -4.35. The van der Waals surface area contributed by atoms with Crippen LogP contribution < -0.4 is 0 Å². The van der Waals surface area contributed by atoms with E-state index in [0.29, 0.717) is 5.02 Å². The van der Waals surface area contributed by atoms with E-state index in [9.17, 15) is 26.3 Å². The van der Waals surface area contributed by atoms with Crippen molar-refractivity contribution >= 4 is 23.2 Å². The summed E-state index contributed by atoms with van der Waals surface area (Å²) in [6, 6.07) is 9.23. The molecule has 2 rings (SSSR count). The number of hydrogen-bond donors (Lipinski definition) is 0. The Morgan fingerprint density at radius 2 is 1.14 bits per heavy atom. The average Bonchev–Trinajstić information content (AvgIpc) is 2.38. The Morgan fingerprint density at radius 3 is 1.50 bits per heavy atom. The van der Waals surface area contributed by atoms with Crippen molar-refractivity contribution in [1.82, 2.24) is 0 Å². The van der Waals surface area contributed by atoms with Crippen molar-refractivity contribution in [3.63, 3.8) is 0 Å². The lowest BCUT2D eigenvalue weighted by Gasteiger charge is -2.06. The van der Waals surface area contributed by atoms with Crippen LogP contribution in [0.4, 0.5) is 26.3 Å². The predicted octanol–water partition coefficient (Wildman–Crippen LogP) is 6.72. The molecule has 0 radical (unpaired) electrons. The van der Waals surface area contributed by atoms with Crippen LogP contribution in [-0.4, -0.2) is 0 Å². The van der Waals surface area contributed by atoms with Crippen LogP contribution in [0.5, 0.6) is 0 Å². The van der Waals surface area contributed by atoms with Gasteiger partial charge in [-0.05, 0) is 36.4 Å². The fourth-order valence-electron chi connectivity index (χ4n) is 1.33. The third kappa shape index (κ3) is 5.77. The molecule has 0 bridgehead atoms. The number of rotatable bonds is 0. The number of hydrogen-bond acceptors (Lipinski definition) is 0. The molecule has 0 saturated heterocycles. The Hall–Kier alpha value is -1.40. The first-order valence-electron chi connectivity index (χ1n) is 5.66. The molecule has 0 amide bonds. The minimum absolute atomic E-state index is 0.264. The number of alkyl halides is 6. The summed E-state index contributed by atoms with van der Waals surface area (Å²) in [6.45, 7) is 0. The molecule has 8 heteroatoms. The number of halogens is 8. The highest BCUT2D eigenvalue weighted by Gasteiger charge is 2.32. The molecule has 0 fully saturated rings. The third-order valence-electron chi connectivity index (χ3n) is 2.35. The van der Waals surface area contributed by atoms with Gasteiger partial charge >= 0.3 is 12.4 Å². The van der Waals surface area contributed by atoms with Crippen molar-refractivity contribution in [2.75, 3.05) is 0 Å². The summed E-state index contributed by atoms with van der Waals surface area (Å²) >= 11 is 10.7. The molecule has 0 heterocycles. The van der Waals surface area contributed by atoms with Gasteiger partial charge in [0.1, 0.15) is 0 Å².